The Labute approximate surface area is 132 Å². The Balaban J connectivity index is 1.60. The van der Waals surface area contributed by atoms with Crippen LogP contribution < -0.4 is 5.32 Å². The molecule has 19 heavy (non-hydrogen) atoms. The number of hydrogen-bond acceptors (Lipinski definition) is 1. The predicted octanol–water partition coefficient (Wildman–Crippen LogP) is 6.13. The summed E-state index contributed by atoms with van der Waals surface area (Å²) in [6, 6.07) is 7.04. The molecule has 0 amide bonds. The molecule has 104 valence electrons. The highest BCUT2D eigenvalue weighted by atomic mass is 79.9. The minimum absolute atomic E-state index is 0.656. The van der Waals surface area contributed by atoms with Gasteiger partial charge in [-0.15, -0.1) is 0 Å². The van der Waals surface area contributed by atoms with Gasteiger partial charge in [-0.3, -0.25) is 0 Å². The van der Waals surface area contributed by atoms with Gasteiger partial charge in [-0.2, -0.15) is 0 Å². The van der Waals surface area contributed by atoms with Crippen molar-refractivity contribution in [1.29, 1.82) is 0 Å². The van der Waals surface area contributed by atoms with E-state index in [1.54, 1.807) is 0 Å². The highest BCUT2D eigenvalue weighted by Crippen LogP contribution is 2.49. The highest BCUT2D eigenvalue weighted by molar-refractivity contribution is 9.11. The maximum absolute atomic E-state index is 3.72. The average molecular weight is 387 g/mol. The third-order valence-corrected chi connectivity index (χ3v) is 6.15. The van der Waals surface area contributed by atoms with Crippen molar-refractivity contribution in [1.82, 2.24) is 0 Å². The third kappa shape index (κ3) is 3.18. The maximum Gasteiger partial charge on any atom is 0.0487 e. The Kier molecular flexibility index (Phi) is 4.23. The first-order chi connectivity index (χ1) is 9.17. The van der Waals surface area contributed by atoms with Crippen molar-refractivity contribution >= 4 is 37.5 Å². The van der Waals surface area contributed by atoms with E-state index in [0.29, 0.717) is 6.04 Å². The Hall–Kier alpha value is -0.0200. The van der Waals surface area contributed by atoms with E-state index < -0.39 is 0 Å². The van der Waals surface area contributed by atoms with Gasteiger partial charge in [0, 0.05) is 20.7 Å². The van der Waals surface area contributed by atoms with Crippen LogP contribution in [0.4, 0.5) is 5.69 Å². The van der Waals surface area contributed by atoms with Gasteiger partial charge in [-0.05, 0) is 78.1 Å². The zero-order valence-corrected chi connectivity index (χ0v) is 14.4. The SMILES string of the molecule is Brc1ccc(NC2CCC3(CCCC3)CC2)c(Br)c1. The summed E-state index contributed by atoms with van der Waals surface area (Å²) in [5.41, 5.74) is 1.96. The molecular weight excluding hydrogens is 366 g/mol. The lowest BCUT2D eigenvalue weighted by Gasteiger charge is -2.38. The summed E-state index contributed by atoms with van der Waals surface area (Å²) >= 11 is 7.15. The molecule has 0 saturated heterocycles. The van der Waals surface area contributed by atoms with E-state index >= 15 is 0 Å². The molecule has 1 nitrogen and oxygen atoms in total. The van der Waals surface area contributed by atoms with E-state index in [-0.39, 0.29) is 0 Å². The fourth-order valence-corrected chi connectivity index (χ4v) is 4.99. The summed E-state index contributed by atoms with van der Waals surface area (Å²) in [6.07, 6.45) is 11.4. The molecule has 1 spiro atoms. The molecule has 2 saturated carbocycles. The molecule has 2 aliphatic carbocycles. The van der Waals surface area contributed by atoms with Crippen LogP contribution in [0.15, 0.2) is 27.1 Å². The molecule has 0 heterocycles. The quantitative estimate of drug-likeness (QED) is 0.644. The van der Waals surface area contributed by atoms with Gasteiger partial charge in [0.2, 0.25) is 0 Å². The molecule has 0 bridgehead atoms. The van der Waals surface area contributed by atoms with Gasteiger partial charge in [-0.1, -0.05) is 28.8 Å². The van der Waals surface area contributed by atoms with Crippen LogP contribution in [0.1, 0.15) is 51.4 Å². The molecular formula is C16H21Br2N. The summed E-state index contributed by atoms with van der Waals surface area (Å²) < 4.78 is 2.28. The molecule has 1 N–H and O–H groups in total. The van der Waals surface area contributed by atoms with Gasteiger partial charge < -0.3 is 5.32 Å². The summed E-state index contributed by atoms with van der Waals surface area (Å²) in [6.45, 7) is 0. The Morgan fingerprint density at radius 2 is 1.68 bits per heavy atom. The number of anilines is 1. The normalized spacial score (nSPS) is 22.8. The monoisotopic (exact) mass is 385 g/mol. The maximum atomic E-state index is 3.72. The number of nitrogens with one attached hydrogen (secondary N) is 1. The van der Waals surface area contributed by atoms with Crippen molar-refractivity contribution < 1.29 is 0 Å². The van der Waals surface area contributed by atoms with Gasteiger partial charge in [0.1, 0.15) is 0 Å². The second kappa shape index (κ2) is 5.77. The third-order valence-electron chi connectivity index (χ3n) is 5.00. The molecule has 3 heteroatoms. The van der Waals surface area contributed by atoms with Crippen molar-refractivity contribution in [3.8, 4) is 0 Å². The van der Waals surface area contributed by atoms with Crippen LogP contribution in [-0.4, -0.2) is 6.04 Å². The number of halogens is 2. The first-order valence-corrected chi connectivity index (χ1v) is 8.97. The zero-order chi connectivity index (χ0) is 13.3. The largest absolute Gasteiger partial charge is 0.381 e. The Bertz CT molecular complexity index is 442. The first-order valence-electron chi connectivity index (χ1n) is 7.39. The molecule has 1 aromatic carbocycles. The second-order valence-electron chi connectivity index (χ2n) is 6.25. The zero-order valence-electron chi connectivity index (χ0n) is 11.2. The van der Waals surface area contributed by atoms with Crippen LogP contribution in [0.5, 0.6) is 0 Å². The van der Waals surface area contributed by atoms with Crippen molar-refractivity contribution in [2.75, 3.05) is 5.32 Å². The van der Waals surface area contributed by atoms with Crippen LogP contribution in [0.25, 0.3) is 0 Å². The topological polar surface area (TPSA) is 12.0 Å². The summed E-state index contributed by atoms with van der Waals surface area (Å²) in [7, 11) is 0. The number of hydrogen-bond donors (Lipinski definition) is 1. The number of benzene rings is 1. The highest BCUT2D eigenvalue weighted by Gasteiger charge is 2.37. The lowest BCUT2D eigenvalue weighted by atomic mass is 9.71. The fourth-order valence-electron chi connectivity index (χ4n) is 3.83. The van der Waals surface area contributed by atoms with E-state index in [9.17, 15) is 0 Å². The molecule has 1 aromatic rings. The lowest BCUT2D eigenvalue weighted by Crippen LogP contribution is -2.31. The van der Waals surface area contributed by atoms with Crippen molar-refractivity contribution in [3.63, 3.8) is 0 Å². The predicted molar refractivity (Wildman–Crippen MR) is 88.6 cm³/mol. The first kappa shape index (κ1) is 13.9. The minimum Gasteiger partial charge on any atom is -0.381 e. The molecule has 2 fully saturated rings. The average Bonchev–Trinajstić information content (AvgIpc) is 2.84. The molecule has 0 aromatic heterocycles. The molecule has 2 aliphatic rings. The van der Waals surface area contributed by atoms with E-state index in [1.807, 2.05) is 0 Å². The van der Waals surface area contributed by atoms with E-state index in [4.69, 9.17) is 0 Å². The van der Waals surface area contributed by atoms with Crippen LogP contribution in [-0.2, 0) is 0 Å². The number of rotatable bonds is 2. The van der Waals surface area contributed by atoms with Gasteiger partial charge in [-0.25, -0.2) is 0 Å². The lowest BCUT2D eigenvalue weighted by molar-refractivity contribution is 0.188. The van der Waals surface area contributed by atoms with Crippen molar-refractivity contribution in [3.05, 3.63) is 27.1 Å². The van der Waals surface area contributed by atoms with Crippen molar-refractivity contribution in [2.45, 2.75) is 57.4 Å². The Morgan fingerprint density at radius 1 is 1.00 bits per heavy atom. The summed E-state index contributed by atoms with van der Waals surface area (Å²) in [4.78, 5) is 0. The Morgan fingerprint density at radius 3 is 2.32 bits per heavy atom. The van der Waals surface area contributed by atoms with Crippen LogP contribution in [0.3, 0.4) is 0 Å². The molecule has 0 atom stereocenters. The molecule has 0 unspecified atom stereocenters. The van der Waals surface area contributed by atoms with E-state index in [2.05, 4.69) is 55.4 Å². The minimum atomic E-state index is 0.656. The smallest absolute Gasteiger partial charge is 0.0487 e. The van der Waals surface area contributed by atoms with Gasteiger partial charge >= 0.3 is 0 Å². The fraction of sp³-hybridized carbons (Fsp3) is 0.625. The molecule has 3 rings (SSSR count). The van der Waals surface area contributed by atoms with Crippen LogP contribution in [0.2, 0.25) is 0 Å². The van der Waals surface area contributed by atoms with Crippen LogP contribution >= 0.6 is 31.9 Å². The van der Waals surface area contributed by atoms with Gasteiger partial charge in [0.05, 0.1) is 0 Å². The van der Waals surface area contributed by atoms with Gasteiger partial charge in [0.15, 0.2) is 0 Å². The molecule has 0 radical (unpaired) electrons. The standard InChI is InChI=1S/C16H21Br2N/c17-12-3-4-15(14(18)11-12)19-13-5-9-16(10-6-13)7-1-2-8-16/h3-4,11,13,19H,1-2,5-10H2. The van der Waals surface area contributed by atoms with Crippen LogP contribution in [0, 0.1) is 5.41 Å². The molecule has 0 aliphatic heterocycles. The summed E-state index contributed by atoms with van der Waals surface area (Å²) in [5.74, 6) is 0. The second-order valence-corrected chi connectivity index (χ2v) is 8.02. The van der Waals surface area contributed by atoms with E-state index in [0.717, 1.165) is 14.4 Å². The van der Waals surface area contributed by atoms with Crippen molar-refractivity contribution in [2.24, 2.45) is 5.41 Å². The van der Waals surface area contributed by atoms with E-state index in [1.165, 1.54) is 57.1 Å². The van der Waals surface area contributed by atoms with Gasteiger partial charge in [0.25, 0.3) is 0 Å². The summed E-state index contributed by atoms with van der Waals surface area (Å²) in [5, 5.41) is 3.72.